The van der Waals surface area contributed by atoms with Gasteiger partial charge in [-0.3, -0.25) is 5.41 Å². The van der Waals surface area contributed by atoms with Gasteiger partial charge in [-0.05, 0) is 115 Å². The molecule has 2 aromatic heterocycles. The number of rotatable bonds is 8. The monoisotopic (exact) mass is 936 g/mol. The number of hydrogen-bond donors (Lipinski definition) is 1. The molecule has 0 atom stereocenters. The minimum absolute atomic E-state index is 0.147. The van der Waals surface area contributed by atoms with Crippen LogP contribution in [0.25, 0.3) is 103 Å². The molecular formula is C67H44N4S. The van der Waals surface area contributed by atoms with Gasteiger partial charge in [0, 0.05) is 54.0 Å². The van der Waals surface area contributed by atoms with Crippen LogP contribution in [0.5, 0.6) is 0 Å². The highest BCUT2D eigenvalue weighted by Crippen LogP contribution is 2.44. The number of hydrogen-bond acceptors (Lipinski definition) is 2. The minimum atomic E-state index is 0.147. The van der Waals surface area contributed by atoms with Gasteiger partial charge in [-0.15, -0.1) is 11.3 Å². The zero-order chi connectivity index (χ0) is 48.0. The highest BCUT2D eigenvalue weighted by molar-refractivity contribution is 7.26. The molecule has 0 aliphatic rings. The molecule has 4 nitrogen and oxygen atoms in total. The van der Waals surface area contributed by atoms with E-state index >= 15 is 0 Å². The largest absolute Gasteiger partial charge is 0.309 e. The maximum Gasteiger partial charge on any atom is 0.162 e. The molecule has 0 fully saturated rings. The Morgan fingerprint density at radius 3 is 1.67 bits per heavy atom. The molecule has 338 valence electrons. The standard InChI is InChI=1S/C67H44N4S/c68-66(49-27-14-5-15-28-49)70-67(69-43-44-37-51(46-21-8-2-9-22-46)39-52(38-44)47-23-10-3-11-24-47)57-31-18-32-62-65(57)56-35-34-53(41-63(56)72-62)71-60-36-33-50(45-19-6-1-7-20-45)40-59(60)64-55-30-17-16-29-54(55)58(42-61(64)71)48-25-12-4-13-26-48/h1-43,68H/b68-66?,69-43+,70-67-. The van der Waals surface area contributed by atoms with Crippen LogP contribution in [-0.2, 0) is 0 Å². The quantitative estimate of drug-likeness (QED) is 0.117. The molecule has 0 bridgehead atoms. The first-order chi connectivity index (χ1) is 35.6. The van der Waals surface area contributed by atoms with Crippen molar-refractivity contribution in [2.45, 2.75) is 0 Å². The summed E-state index contributed by atoms with van der Waals surface area (Å²) in [5.74, 6) is 0.621. The number of thiophene rings is 1. The number of fused-ring (bicyclic) bond motifs is 8. The van der Waals surface area contributed by atoms with E-state index in [0.717, 1.165) is 75.8 Å². The first-order valence-corrected chi connectivity index (χ1v) is 25.0. The summed E-state index contributed by atoms with van der Waals surface area (Å²) in [6, 6.07) is 90.0. The van der Waals surface area contributed by atoms with Crippen molar-refractivity contribution in [3.63, 3.8) is 0 Å². The normalized spacial score (nSPS) is 12.0. The third kappa shape index (κ3) is 7.79. The van der Waals surface area contributed by atoms with Crippen LogP contribution in [0.2, 0.25) is 0 Å². The van der Waals surface area contributed by atoms with E-state index in [1.807, 2.05) is 48.7 Å². The summed E-state index contributed by atoms with van der Waals surface area (Å²) in [6.07, 6.45) is 1.90. The smallest absolute Gasteiger partial charge is 0.162 e. The van der Waals surface area contributed by atoms with Gasteiger partial charge < -0.3 is 4.57 Å². The number of amidine groups is 2. The lowest BCUT2D eigenvalue weighted by Crippen LogP contribution is -2.05. The fourth-order valence-corrected chi connectivity index (χ4v) is 11.5. The second-order valence-corrected chi connectivity index (χ2v) is 19.2. The number of benzene rings is 11. The molecule has 1 N–H and O–H groups in total. The molecular weight excluding hydrogens is 893 g/mol. The molecule has 13 rings (SSSR count). The number of aromatic nitrogens is 1. The van der Waals surface area contributed by atoms with Crippen LogP contribution in [0.15, 0.2) is 265 Å². The van der Waals surface area contributed by atoms with Gasteiger partial charge in [0.15, 0.2) is 11.7 Å². The first-order valence-electron chi connectivity index (χ1n) is 24.2. The highest BCUT2D eigenvalue weighted by Gasteiger charge is 2.21. The summed E-state index contributed by atoms with van der Waals surface area (Å²) in [5.41, 5.74) is 15.1. The summed E-state index contributed by atoms with van der Waals surface area (Å²) < 4.78 is 4.73. The first kappa shape index (κ1) is 42.8. The summed E-state index contributed by atoms with van der Waals surface area (Å²) in [5, 5.41) is 16.4. The van der Waals surface area contributed by atoms with Gasteiger partial charge in [-0.1, -0.05) is 200 Å². The molecule has 11 aromatic carbocycles. The Bertz CT molecular complexity index is 4190. The maximum absolute atomic E-state index is 9.28. The van der Waals surface area contributed by atoms with Gasteiger partial charge in [0.2, 0.25) is 0 Å². The Morgan fingerprint density at radius 1 is 0.403 bits per heavy atom. The SMILES string of the molecule is N=C(/N=C(\N=C\c1cc(-c2ccccc2)cc(-c2ccccc2)c1)c1cccc2sc3cc(-n4c5ccc(-c6ccccc6)cc5c5c6ccccc6c(-c6ccccc6)cc54)ccc3c12)c1ccccc1. The number of nitrogens with zero attached hydrogens (tertiary/aromatic N) is 3. The topological polar surface area (TPSA) is 53.5 Å². The molecule has 5 heteroatoms. The zero-order valence-corrected chi connectivity index (χ0v) is 39.9. The third-order valence-corrected chi connectivity index (χ3v) is 14.8. The average Bonchev–Trinajstić information content (AvgIpc) is 4.00. The molecule has 0 amide bonds. The molecule has 0 aliphatic heterocycles. The number of nitrogens with one attached hydrogen (secondary N) is 1. The second kappa shape index (κ2) is 18.2. The summed E-state index contributed by atoms with van der Waals surface area (Å²) in [7, 11) is 0. The van der Waals surface area contributed by atoms with Crippen LogP contribution in [0, 0.1) is 5.41 Å². The maximum atomic E-state index is 9.28. The molecule has 0 unspecified atom stereocenters. The van der Waals surface area contributed by atoms with E-state index in [1.54, 1.807) is 11.3 Å². The van der Waals surface area contributed by atoms with E-state index in [2.05, 4.69) is 217 Å². The van der Waals surface area contributed by atoms with E-state index < -0.39 is 0 Å². The van der Waals surface area contributed by atoms with Gasteiger partial charge in [0.05, 0.1) is 11.0 Å². The van der Waals surface area contributed by atoms with Gasteiger partial charge in [-0.2, -0.15) is 0 Å². The van der Waals surface area contributed by atoms with E-state index in [4.69, 9.17) is 9.98 Å². The van der Waals surface area contributed by atoms with Crippen LogP contribution in [-0.4, -0.2) is 22.5 Å². The molecule has 0 spiro atoms. The molecule has 0 saturated carbocycles. The van der Waals surface area contributed by atoms with Crippen LogP contribution in [0.3, 0.4) is 0 Å². The lowest BCUT2D eigenvalue weighted by atomic mass is 9.94. The van der Waals surface area contributed by atoms with Crippen LogP contribution < -0.4 is 0 Å². The minimum Gasteiger partial charge on any atom is -0.309 e. The lowest BCUT2D eigenvalue weighted by Gasteiger charge is -2.12. The summed E-state index contributed by atoms with van der Waals surface area (Å²) >= 11 is 1.77. The molecule has 2 heterocycles. The van der Waals surface area contributed by atoms with Crippen molar-refractivity contribution in [1.29, 1.82) is 5.41 Å². The van der Waals surface area contributed by atoms with E-state index in [1.165, 1.54) is 43.8 Å². The molecule has 0 saturated heterocycles. The molecule has 0 aliphatic carbocycles. The Kier molecular flexibility index (Phi) is 10.8. The van der Waals surface area contributed by atoms with Crippen molar-refractivity contribution in [1.82, 2.24) is 4.57 Å². The Balaban J connectivity index is 0.995. The lowest BCUT2D eigenvalue weighted by molar-refractivity contribution is 1.19. The van der Waals surface area contributed by atoms with E-state index in [0.29, 0.717) is 5.84 Å². The van der Waals surface area contributed by atoms with Gasteiger partial charge >= 0.3 is 0 Å². The average molecular weight is 937 g/mol. The Morgan fingerprint density at radius 2 is 1.00 bits per heavy atom. The fraction of sp³-hybridized carbons (Fsp3) is 0. The van der Waals surface area contributed by atoms with Crippen LogP contribution >= 0.6 is 11.3 Å². The molecule has 13 aromatic rings. The van der Waals surface area contributed by atoms with Crippen molar-refractivity contribution < 1.29 is 0 Å². The fourth-order valence-electron chi connectivity index (χ4n) is 10.3. The zero-order valence-electron chi connectivity index (χ0n) is 39.1. The number of aliphatic imine (C=N–C) groups is 2. The predicted octanol–water partition coefficient (Wildman–Crippen LogP) is 17.9. The van der Waals surface area contributed by atoms with Crippen molar-refractivity contribution in [3.05, 3.63) is 271 Å². The Hall–Kier alpha value is -9.29. The van der Waals surface area contributed by atoms with Gasteiger partial charge in [0.1, 0.15) is 0 Å². The van der Waals surface area contributed by atoms with Crippen molar-refractivity contribution in [3.8, 4) is 50.2 Å². The van der Waals surface area contributed by atoms with E-state index in [9.17, 15) is 5.41 Å². The van der Waals surface area contributed by atoms with Gasteiger partial charge in [0.25, 0.3) is 0 Å². The summed E-state index contributed by atoms with van der Waals surface area (Å²) in [4.78, 5) is 10.3. The van der Waals surface area contributed by atoms with Crippen molar-refractivity contribution in [2.75, 3.05) is 0 Å². The van der Waals surface area contributed by atoms with Crippen molar-refractivity contribution in [2.24, 2.45) is 9.98 Å². The summed E-state index contributed by atoms with van der Waals surface area (Å²) in [6.45, 7) is 0. The molecule has 0 radical (unpaired) electrons. The third-order valence-electron chi connectivity index (χ3n) is 13.7. The second-order valence-electron chi connectivity index (χ2n) is 18.1. The van der Waals surface area contributed by atoms with Gasteiger partial charge in [-0.25, -0.2) is 9.98 Å². The molecule has 72 heavy (non-hydrogen) atoms. The predicted molar refractivity (Wildman–Crippen MR) is 307 cm³/mol. The van der Waals surface area contributed by atoms with Crippen LogP contribution in [0.1, 0.15) is 16.7 Å². The highest BCUT2D eigenvalue weighted by atomic mass is 32.1. The van der Waals surface area contributed by atoms with Crippen molar-refractivity contribution >= 4 is 82.0 Å². The Labute approximate surface area is 421 Å². The van der Waals surface area contributed by atoms with E-state index in [-0.39, 0.29) is 5.84 Å². The van der Waals surface area contributed by atoms with Crippen LogP contribution in [0.4, 0.5) is 0 Å².